The van der Waals surface area contributed by atoms with Crippen molar-refractivity contribution in [2.75, 3.05) is 0 Å². The van der Waals surface area contributed by atoms with Gasteiger partial charge < -0.3 is 10.7 Å². The molecule has 3 rings (SSSR count). The second-order valence-corrected chi connectivity index (χ2v) is 5.88. The quantitative estimate of drug-likeness (QED) is 0.676. The average molecular weight is 353 g/mol. The molecule has 0 spiro atoms. The standard InChI is InChI=1S/C17H12ClF3N2O/c1-8-12-6-11(18)7-13(15(12)23-14(8)16(22)24)9-2-4-10(5-3-9)17(19,20)21/h2-7,23H,1H3,(H2,22,24). The van der Waals surface area contributed by atoms with Gasteiger partial charge in [-0.2, -0.15) is 13.2 Å². The van der Waals surface area contributed by atoms with Crippen molar-refractivity contribution in [3.05, 3.63) is 58.2 Å². The van der Waals surface area contributed by atoms with E-state index in [9.17, 15) is 18.0 Å². The molecule has 0 bridgehead atoms. The molecule has 24 heavy (non-hydrogen) atoms. The van der Waals surface area contributed by atoms with E-state index in [2.05, 4.69) is 4.98 Å². The number of amides is 1. The fraction of sp³-hybridized carbons (Fsp3) is 0.118. The monoisotopic (exact) mass is 352 g/mol. The molecule has 0 saturated carbocycles. The molecule has 3 nitrogen and oxygen atoms in total. The molecule has 1 aromatic heterocycles. The van der Waals surface area contributed by atoms with Gasteiger partial charge in [-0.05, 0) is 42.3 Å². The maximum Gasteiger partial charge on any atom is 0.416 e. The third kappa shape index (κ3) is 2.73. The van der Waals surface area contributed by atoms with Gasteiger partial charge in [-0.25, -0.2) is 0 Å². The molecule has 0 aliphatic heterocycles. The molecule has 3 N–H and O–H groups in total. The Kier molecular flexibility index (Phi) is 3.80. The van der Waals surface area contributed by atoms with Crippen LogP contribution in [0.2, 0.25) is 5.02 Å². The largest absolute Gasteiger partial charge is 0.416 e. The third-order valence-corrected chi connectivity index (χ3v) is 4.12. The summed E-state index contributed by atoms with van der Waals surface area (Å²) in [6, 6.07) is 8.07. The molecule has 0 radical (unpaired) electrons. The van der Waals surface area contributed by atoms with Gasteiger partial charge >= 0.3 is 6.18 Å². The molecule has 124 valence electrons. The highest BCUT2D eigenvalue weighted by atomic mass is 35.5. The summed E-state index contributed by atoms with van der Waals surface area (Å²) >= 11 is 6.13. The van der Waals surface area contributed by atoms with Crippen LogP contribution in [0.15, 0.2) is 36.4 Å². The lowest BCUT2D eigenvalue weighted by Crippen LogP contribution is -2.12. The zero-order valence-corrected chi connectivity index (χ0v) is 13.2. The number of alkyl halides is 3. The number of aryl methyl sites for hydroxylation is 1. The molecule has 0 aliphatic carbocycles. The van der Waals surface area contributed by atoms with Crippen molar-refractivity contribution in [1.82, 2.24) is 4.98 Å². The number of halogens is 4. The predicted molar refractivity (Wildman–Crippen MR) is 87.0 cm³/mol. The Morgan fingerprint density at radius 2 is 1.79 bits per heavy atom. The number of primary amides is 1. The first kappa shape index (κ1) is 16.4. The number of fused-ring (bicyclic) bond motifs is 1. The number of hydrogen-bond acceptors (Lipinski definition) is 1. The molecular weight excluding hydrogens is 341 g/mol. The van der Waals surface area contributed by atoms with Crippen LogP contribution in [-0.2, 0) is 6.18 Å². The van der Waals surface area contributed by atoms with Crippen LogP contribution >= 0.6 is 11.6 Å². The summed E-state index contributed by atoms with van der Waals surface area (Å²) in [4.78, 5) is 14.5. The maximum atomic E-state index is 12.7. The Labute approximate surface area is 140 Å². The van der Waals surface area contributed by atoms with Crippen molar-refractivity contribution in [1.29, 1.82) is 0 Å². The van der Waals surface area contributed by atoms with E-state index in [4.69, 9.17) is 17.3 Å². The number of rotatable bonds is 2. The lowest BCUT2D eigenvalue weighted by molar-refractivity contribution is -0.137. The number of carbonyl (C=O) groups is 1. The topological polar surface area (TPSA) is 58.9 Å². The van der Waals surface area contributed by atoms with Gasteiger partial charge in [0.2, 0.25) is 0 Å². The van der Waals surface area contributed by atoms with Gasteiger partial charge in [0.25, 0.3) is 5.91 Å². The molecular formula is C17H12ClF3N2O. The van der Waals surface area contributed by atoms with Crippen molar-refractivity contribution in [3.63, 3.8) is 0 Å². The van der Waals surface area contributed by atoms with Crippen LogP contribution in [0.25, 0.3) is 22.0 Å². The van der Waals surface area contributed by atoms with Gasteiger partial charge in [-0.1, -0.05) is 23.7 Å². The highest BCUT2D eigenvalue weighted by Crippen LogP contribution is 2.36. The number of aromatic nitrogens is 1. The Hall–Kier alpha value is -2.47. The first-order chi connectivity index (χ1) is 11.2. The minimum Gasteiger partial charge on any atom is -0.364 e. The van der Waals surface area contributed by atoms with E-state index >= 15 is 0 Å². The number of aromatic amines is 1. The average Bonchev–Trinajstić information content (AvgIpc) is 2.83. The Balaban J connectivity index is 2.22. The summed E-state index contributed by atoms with van der Waals surface area (Å²) in [5, 5.41) is 1.11. The van der Waals surface area contributed by atoms with Crippen LogP contribution in [0.4, 0.5) is 13.2 Å². The molecule has 1 amide bonds. The highest BCUT2D eigenvalue weighted by Gasteiger charge is 2.30. The van der Waals surface area contributed by atoms with Crippen molar-refractivity contribution in [2.24, 2.45) is 5.73 Å². The van der Waals surface area contributed by atoms with Crippen molar-refractivity contribution < 1.29 is 18.0 Å². The summed E-state index contributed by atoms with van der Waals surface area (Å²) in [7, 11) is 0. The Bertz CT molecular complexity index is 943. The molecule has 2 aromatic carbocycles. The van der Waals surface area contributed by atoms with Crippen LogP contribution in [0.5, 0.6) is 0 Å². The van der Waals surface area contributed by atoms with E-state index in [0.717, 1.165) is 12.1 Å². The van der Waals surface area contributed by atoms with Gasteiger partial charge in [0.05, 0.1) is 11.1 Å². The van der Waals surface area contributed by atoms with Crippen LogP contribution in [0.3, 0.4) is 0 Å². The fourth-order valence-electron chi connectivity index (χ4n) is 2.70. The van der Waals surface area contributed by atoms with Crippen LogP contribution in [-0.4, -0.2) is 10.9 Å². The van der Waals surface area contributed by atoms with Gasteiger partial charge in [0, 0.05) is 16.0 Å². The SMILES string of the molecule is Cc1c(C(N)=O)[nH]c2c(-c3ccc(C(F)(F)F)cc3)cc(Cl)cc12. The van der Waals surface area contributed by atoms with E-state index in [1.165, 1.54) is 12.1 Å². The maximum absolute atomic E-state index is 12.7. The molecule has 0 saturated heterocycles. The van der Waals surface area contributed by atoms with Crippen LogP contribution < -0.4 is 5.73 Å². The van der Waals surface area contributed by atoms with Crippen LogP contribution in [0, 0.1) is 6.92 Å². The molecule has 0 fully saturated rings. The number of carbonyl (C=O) groups excluding carboxylic acids is 1. The number of benzene rings is 2. The van der Waals surface area contributed by atoms with E-state index < -0.39 is 17.6 Å². The first-order valence-corrected chi connectivity index (χ1v) is 7.35. The zero-order valence-electron chi connectivity index (χ0n) is 12.5. The summed E-state index contributed by atoms with van der Waals surface area (Å²) in [6.45, 7) is 1.73. The lowest BCUT2D eigenvalue weighted by atomic mass is 10.0. The molecule has 0 unspecified atom stereocenters. The Morgan fingerprint density at radius 1 is 1.17 bits per heavy atom. The summed E-state index contributed by atoms with van der Waals surface area (Å²) in [5.41, 5.74) is 7.26. The second kappa shape index (κ2) is 5.56. The Morgan fingerprint density at radius 3 is 2.33 bits per heavy atom. The summed E-state index contributed by atoms with van der Waals surface area (Å²) < 4.78 is 38.1. The smallest absolute Gasteiger partial charge is 0.364 e. The third-order valence-electron chi connectivity index (χ3n) is 3.90. The number of nitrogens with two attached hydrogens (primary N) is 1. The minimum atomic E-state index is -4.40. The van der Waals surface area contributed by atoms with E-state index in [1.807, 2.05) is 0 Å². The normalized spacial score (nSPS) is 11.9. The fourth-order valence-corrected chi connectivity index (χ4v) is 2.92. The second-order valence-electron chi connectivity index (χ2n) is 5.44. The zero-order chi connectivity index (χ0) is 17.6. The predicted octanol–water partition coefficient (Wildman–Crippen LogP) is 4.91. The molecule has 7 heteroatoms. The van der Waals surface area contributed by atoms with Gasteiger partial charge in [0.15, 0.2) is 0 Å². The number of H-pyrrole nitrogens is 1. The van der Waals surface area contributed by atoms with Gasteiger partial charge in [-0.3, -0.25) is 4.79 Å². The summed E-state index contributed by atoms with van der Waals surface area (Å²) in [5.74, 6) is -0.613. The number of nitrogens with one attached hydrogen (secondary N) is 1. The molecule has 3 aromatic rings. The summed E-state index contributed by atoms with van der Waals surface area (Å²) in [6.07, 6.45) is -4.40. The first-order valence-electron chi connectivity index (χ1n) is 6.97. The van der Waals surface area contributed by atoms with Crippen LogP contribution in [0.1, 0.15) is 21.6 Å². The van der Waals surface area contributed by atoms with E-state index in [0.29, 0.717) is 32.6 Å². The molecule has 1 heterocycles. The van der Waals surface area contributed by atoms with Gasteiger partial charge in [-0.15, -0.1) is 0 Å². The number of hydrogen-bond donors (Lipinski definition) is 2. The highest BCUT2D eigenvalue weighted by molar-refractivity contribution is 6.32. The lowest BCUT2D eigenvalue weighted by Gasteiger charge is -2.09. The van der Waals surface area contributed by atoms with Crippen molar-refractivity contribution in [3.8, 4) is 11.1 Å². The minimum absolute atomic E-state index is 0.250. The van der Waals surface area contributed by atoms with E-state index in [-0.39, 0.29) is 5.69 Å². The van der Waals surface area contributed by atoms with Gasteiger partial charge in [0.1, 0.15) is 5.69 Å². The van der Waals surface area contributed by atoms with Crippen molar-refractivity contribution >= 4 is 28.4 Å². The van der Waals surface area contributed by atoms with E-state index in [1.54, 1.807) is 19.1 Å². The van der Waals surface area contributed by atoms with Crippen molar-refractivity contribution in [2.45, 2.75) is 13.1 Å². The molecule has 0 aliphatic rings. The molecule has 0 atom stereocenters.